The molecule has 1 aromatic heterocycles. The van der Waals surface area contributed by atoms with E-state index in [1.165, 1.54) is 37.4 Å². The minimum atomic E-state index is -4.16. The smallest absolute Gasteiger partial charge is 0.412 e. The molecule has 2 aromatic carbocycles. The van der Waals surface area contributed by atoms with Crippen LogP contribution in [0.4, 0.5) is 14.9 Å². The first kappa shape index (κ1) is 21.3. The van der Waals surface area contributed by atoms with Gasteiger partial charge in [-0.25, -0.2) is 19.1 Å². The Balaban J connectivity index is 2.01. The van der Waals surface area contributed by atoms with Crippen LogP contribution in [0.15, 0.2) is 45.6 Å². The quantitative estimate of drug-likeness (QED) is 0.525. The molecule has 0 unspecified atom stereocenters. The number of benzene rings is 2. The highest BCUT2D eigenvalue weighted by atomic mass is 32.2. The van der Waals surface area contributed by atoms with Gasteiger partial charge in [0.2, 0.25) is 0 Å². The number of nitrogens with one attached hydrogen (secondary N) is 2. The molecule has 0 spiro atoms. The molecule has 4 N–H and O–H groups in total. The highest BCUT2D eigenvalue weighted by Crippen LogP contribution is 2.27. The van der Waals surface area contributed by atoms with Crippen LogP contribution in [-0.2, 0) is 16.6 Å². The lowest BCUT2D eigenvalue weighted by molar-refractivity contribution is 0.203. The summed E-state index contributed by atoms with van der Waals surface area (Å²) < 4.78 is 49.3. The molecule has 0 saturated heterocycles. The Morgan fingerprint density at radius 2 is 2.00 bits per heavy atom. The fourth-order valence-corrected chi connectivity index (χ4v) is 3.40. The Labute approximate surface area is 170 Å². The van der Waals surface area contributed by atoms with Gasteiger partial charge in [-0.05, 0) is 36.2 Å². The monoisotopic (exact) mass is 435 g/mol. The lowest BCUT2D eigenvalue weighted by Gasteiger charge is -2.12. The molecule has 0 bridgehead atoms. The number of carbonyl (C=O) groups is 1. The molecule has 3 aromatic rings. The number of ether oxygens (including phenoxy) is 1. The first-order chi connectivity index (χ1) is 14.1. The fraction of sp³-hybridized carbons (Fsp3) is 0.158. The van der Waals surface area contributed by atoms with E-state index in [9.17, 15) is 22.4 Å². The molecule has 0 aliphatic heterocycles. The van der Waals surface area contributed by atoms with Crippen molar-refractivity contribution in [2.45, 2.75) is 13.3 Å². The van der Waals surface area contributed by atoms with E-state index in [0.29, 0.717) is 10.9 Å². The van der Waals surface area contributed by atoms with Crippen LogP contribution >= 0.6 is 0 Å². The maximum Gasteiger partial charge on any atom is 0.412 e. The van der Waals surface area contributed by atoms with Crippen molar-refractivity contribution in [3.63, 3.8) is 0 Å². The van der Waals surface area contributed by atoms with Crippen LogP contribution in [-0.4, -0.2) is 21.6 Å². The average Bonchev–Trinajstić information content (AvgIpc) is 2.66. The number of hydrogen-bond acceptors (Lipinski definition) is 6. The van der Waals surface area contributed by atoms with Crippen molar-refractivity contribution < 1.29 is 26.8 Å². The van der Waals surface area contributed by atoms with Crippen molar-refractivity contribution in [1.82, 2.24) is 5.32 Å². The van der Waals surface area contributed by atoms with E-state index in [0.717, 1.165) is 0 Å². The third-order valence-electron chi connectivity index (χ3n) is 4.37. The number of nitrogens with two attached hydrogens (primary N) is 1. The largest absolute Gasteiger partial charge is 0.422 e. The molecule has 0 radical (unpaired) electrons. The number of carbonyl (C=O) groups excluding carboxylic acids is 1. The number of amides is 1. The zero-order chi connectivity index (χ0) is 22.1. The second-order valence-corrected chi connectivity index (χ2v) is 7.69. The molecular formula is C19H18FN3O6S. The van der Waals surface area contributed by atoms with Gasteiger partial charge in [0.25, 0.3) is 10.2 Å². The van der Waals surface area contributed by atoms with Crippen molar-refractivity contribution >= 4 is 33.0 Å². The maximum absolute atomic E-state index is 14.7. The average molecular weight is 435 g/mol. The molecule has 1 amide bonds. The number of rotatable bonds is 5. The lowest BCUT2D eigenvalue weighted by Crippen LogP contribution is -2.22. The van der Waals surface area contributed by atoms with Gasteiger partial charge < -0.3 is 14.5 Å². The topological polar surface area (TPSA) is 141 Å². The van der Waals surface area contributed by atoms with Gasteiger partial charge in [-0.3, -0.25) is 4.72 Å². The van der Waals surface area contributed by atoms with E-state index in [1.54, 1.807) is 13.0 Å². The standard InChI is InChI=1S/C19H18FN3O6S/c1-10-13-7-6-12(28-19(25)22-2)9-16(13)29-18(24)14(10)8-11-4-3-5-15(17(11)20)23-30(21,26)27/h3-7,9,23H,8H2,1-2H3,(H,22,25)(H2,21,26,27). The predicted octanol–water partition coefficient (Wildman–Crippen LogP) is 2.16. The van der Waals surface area contributed by atoms with E-state index < -0.39 is 27.7 Å². The van der Waals surface area contributed by atoms with Crippen molar-refractivity contribution in [1.29, 1.82) is 0 Å². The third kappa shape index (κ3) is 4.58. The molecule has 0 saturated carbocycles. The van der Waals surface area contributed by atoms with Crippen LogP contribution in [0, 0.1) is 12.7 Å². The number of halogens is 1. The van der Waals surface area contributed by atoms with E-state index in [2.05, 4.69) is 5.32 Å². The molecule has 158 valence electrons. The van der Waals surface area contributed by atoms with Gasteiger partial charge in [0.1, 0.15) is 11.3 Å². The van der Waals surface area contributed by atoms with E-state index in [-0.39, 0.29) is 34.6 Å². The van der Waals surface area contributed by atoms with Crippen LogP contribution in [0.3, 0.4) is 0 Å². The Hall–Kier alpha value is -3.44. The molecule has 3 rings (SSSR count). The van der Waals surface area contributed by atoms with Crippen LogP contribution < -0.4 is 25.5 Å². The van der Waals surface area contributed by atoms with Crippen molar-refractivity contribution in [3.8, 4) is 5.75 Å². The molecular weight excluding hydrogens is 417 g/mol. The summed E-state index contributed by atoms with van der Waals surface area (Å²) in [6.45, 7) is 1.68. The van der Waals surface area contributed by atoms with Crippen LogP contribution in [0.2, 0.25) is 0 Å². The Morgan fingerprint density at radius 3 is 2.67 bits per heavy atom. The first-order valence-electron chi connectivity index (χ1n) is 8.63. The minimum absolute atomic E-state index is 0.0815. The highest BCUT2D eigenvalue weighted by Gasteiger charge is 2.17. The van der Waals surface area contributed by atoms with E-state index in [4.69, 9.17) is 14.3 Å². The van der Waals surface area contributed by atoms with Gasteiger partial charge >= 0.3 is 11.7 Å². The molecule has 11 heteroatoms. The van der Waals surface area contributed by atoms with Gasteiger partial charge in [-0.1, -0.05) is 12.1 Å². The van der Waals surface area contributed by atoms with Crippen molar-refractivity contribution in [2.24, 2.45) is 5.14 Å². The second kappa shape index (κ2) is 8.13. The molecule has 0 aliphatic carbocycles. The zero-order valence-electron chi connectivity index (χ0n) is 16.0. The second-order valence-electron chi connectivity index (χ2n) is 6.39. The summed E-state index contributed by atoms with van der Waals surface area (Å²) in [4.78, 5) is 23.9. The summed E-state index contributed by atoms with van der Waals surface area (Å²) in [6.07, 6.45) is -0.805. The van der Waals surface area contributed by atoms with Gasteiger partial charge in [-0.15, -0.1) is 0 Å². The number of hydrogen-bond donors (Lipinski definition) is 3. The van der Waals surface area contributed by atoms with Crippen LogP contribution in [0.1, 0.15) is 16.7 Å². The lowest BCUT2D eigenvalue weighted by atomic mass is 9.99. The summed E-state index contributed by atoms with van der Waals surface area (Å²) in [6, 6.07) is 8.63. The number of anilines is 1. The Morgan fingerprint density at radius 1 is 1.27 bits per heavy atom. The van der Waals surface area contributed by atoms with Crippen molar-refractivity contribution in [3.05, 3.63) is 69.3 Å². The fourth-order valence-electron chi connectivity index (χ4n) is 2.94. The Kier molecular flexibility index (Phi) is 5.76. The SMILES string of the molecule is CNC(=O)Oc1ccc2c(C)c(Cc3cccc(NS(N)(=O)=O)c3F)c(=O)oc2c1. The number of fused-ring (bicyclic) bond motifs is 1. The zero-order valence-corrected chi connectivity index (χ0v) is 16.8. The molecule has 0 fully saturated rings. The molecule has 9 nitrogen and oxygen atoms in total. The van der Waals surface area contributed by atoms with Gasteiger partial charge in [0.05, 0.1) is 5.69 Å². The molecule has 1 heterocycles. The molecule has 0 atom stereocenters. The highest BCUT2D eigenvalue weighted by molar-refractivity contribution is 7.90. The first-order valence-corrected chi connectivity index (χ1v) is 10.2. The maximum atomic E-state index is 14.7. The summed E-state index contributed by atoms with van der Waals surface area (Å²) in [5.74, 6) is -0.662. The number of aryl methyl sites for hydroxylation is 1. The normalized spacial score (nSPS) is 11.3. The van der Waals surface area contributed by atoms with Gasteiger partial charge in [-0.2, -0.15) is 8.42 Å². The van der Waals surface area contributed by atoms with Crippen molar-refractivity contribution in [2.75, 3.05) is 11.8 Å². The Bertz CT molecular complexity index is 1300. The van der Waals surface area contributed by atoms with Gasteiger partial charge in [0.15, 0.2) is 5.82 Å². The van der Waals surface area contributed by atoms with Crippen LogP contribution in [0.5, 0.6) is 5.75 Å². The summed E-state index contributed by atoms with van der Waals surface area (Å²) in [5.41, 5.74) is 0.0203. The summed E-state index contributed by atoms with van der Waals surface area (Å²) >= 11 is 0. The molecule has 0 aliphatic rings. The minimum Gasteiger partial charge on any atom is -0.422 e. The van der Waals surface area contributed by atoms with Crippen LogP contribution in [0.25, 0.3) is 11.0 Å². The van der Waals surface area contributed by atoms with E-state index >= 15 is 0 Å². The third-order valence-corrected chi connectivity index (χ3v) is 4.88. The van der Waals surface area contributed by atoms with Gasteiger partial charge in [0, 0.05) is 30.5 Å². The molecule has 30 heavy (non-hydrogen) atoms. The predicted molar refractivity (Wildman–Crippen MR) is 108 cm³/mol. The summed E-state index contributed by atoms with van der Waals surface area (Å²) in [7, 11) is -2.75. The summed E-state index contributed by atoms with van der Waals surface area (Å²) in [5, 5.41) is 7.78. The van der Waals surface area contributed by atoms with E-state index in [1.807, 2.05) is 4.72 Å².